The molecule has 0 bridgehead atoms. The van der Waals surface area contributed by atoms with E-state index in [9.17, 15) is 13.2 Å². The third-order valence-electron chi connectivity index (χ3n) is 4.31. The first-order valence-electron chi connectivity index (χ1n) is 8.36. The van der Waals surface area contributed by atoms with Gasteiger partial charge in [0.1, 0.15) is 5.69 Å². The first kappa shape index (κ1) is 18.9. The summed E-state index contributed by atoms with van der Waals surface area (Å²) in [5.74, 6) is -0.0673. The van der Waals surface area contributed by atoms with Crippen LogP contribution in [0.4, 0.5) is 0 Å². The molecule has 136 valence electrons. The van der Waals surface area contributed by atoms with Gasteiger partial charge in [-0.05, 0) is 38.7 Å². The zero-order chi connectivity index (χ0) is 17.7. The molecule has 2 heterocycles. The highest BCUT2D eigenvalue weighted by atomic mass is 32.2. The normalized spacial score (nSPS) is 19.0. The van der Waals surface area contributed by atoms with Crippen LogP contribution in [-0.4, -0.2) is 66.5 Å². The Kier molecular flexibility index (Phi) is 6.36. The Morgan fingerprint density at radius 2 is 2.17 bits per heavy atom. The van der Waals surface area contributed by atoms with E-state index < -0.39 is 10.2 Å². The molecule has 1 N–H and O–H groups in total. The van der Waals surface area contributed by atoms with Crippen molar-refractivity contribution in [1.82, 2.24) is 23.7 Å². The smallest absolute Gasteiger partial charge is 0.278 e. The van der Waals surface area contributed by atoms with Crippen LogP contribution in [0, 0.1) is 0 Å². The van der Waals surface area contributed by atoms with Crippen molar-refractivity contribution in [3.8, 4) is 0 Å². The van der Waals surface area contributed by atoms with Gasteiger partial charge in [0.2, 0.25) is 0 Å². The molecule has 0 aromatic carbocycles. The Labute approximate surface area is 144 Å². The molecule has 8 nitrogen and oxygen atoms in total. The monoisotopic (exact) mass is 357 g/mol. The van der Waals surface area contributed by atoms with Gasteiger partial charge in [0.15, 0.2) is 0 Å². The van der Waals surface area contributed by atoms with Gasteiger partial charge in [-0.3, -0.25) is 9.48 Å². The third kappa shape index (κ3) is 4.55. The highest BCUT2D eigenvalue weighted by Gasteiger charge is 2.28. The number of nitrogens with one attached hydrogen (secondary N) is 1. The molecule has 9 heteroatoms. The summed E-state index contributed by atoms with van der Waals surface area (Å²) >= 11 is 0. The van der Waals surface area contributed by atoms with Crippen LogP contribution in [0.25, 0.3) is 0 Å². The zero-order valence-corrected chi connectivity index (χ0v) is 15.4. The number of amides is 1. The Morgan fingerprint density at radius 3 is 2.79 bits per heavy atom. The van der Waals surface area contributed by atoms with Crippen molar-refractivity contribution in [2.45, 2.75) is 45.2 Å². The predicted molar refractivity (Wildman–Crippen MR) is 91.8 cm³/mol. The van der Waals surface area contributed by atoms with Gasteiger partial charge >= 0.3 is 0 Å². The number of aryl methyl sites for hydroxylation is 1. The van der Waals surface area contributed by atoms with Gasteiger partial charge in [-0.1, -0.05) is 0 Å². The van der Waals surface area contributed by atoms with Gasteiger partial charge in [0, 0.05) is 46.0 Å². The molecule has 0 spiro atoms. The van der Waals surface area contributed by atoms with E-state index in [1.807, 2.05) is 11.8 Å². The summed E-state index contributed by atoms with van der Waals surface area (Å²) in [6.45, 7) is 3.71. The van der Waals surface area contributed by atoms with Gasteiger partial charge in [0.25, 0.3) is 16.1 Å². The molecule has 1 aromatic rings. The molecule has 1 atom stereocenters. The first-order chi connectivity index (χ1) is 11.3. The summed E-state index contributed by atoms with van der Waals surface area (Å²) in [5, 5.41) is 4.29. The second kappa shape index (κ2) is 8.09. The second-order valence-corrected chi connectivity index (χ2v) is 8.14. The van der Waals surface area contributed by atoms with Crippen molar-refractivity contribution in [2.24, 2.45) is 0 Å². The van der Waals surface area contributed by atoms with E-state index >= 15 is 0 Å². The summed E-state index contributed by atoms with van der Waals surface area (Å²) in [5.41, 5.74) is 0.456. The topological polar surface area (TPSA) is 87.5 Å². The molecule has 1 aromatic heterocycles. The molecule has 1 unspecified atom stereocenters. The van der Waals surface area contributed by atoms with E-state index in [0.29, 0.717) is 25.2 Å². The Bertz CT molecular complexity index is 656. The summed E-state index contributed by atoms with van der Waals surface area (Å²) in [4.78, 5) is 14.6. The lowest BCUT2D eigenvalue weighted by Gasteiger charge is -2.35. The molecule has 1 aliphatic rings. The van der Waals surface area contributed by atoms with Gasteiger partial charge in [-0.15, -0.1) is 0 Å². The lowest BCUT2D eigenvalue weighted by molar-refractivity contribution is 0.0597. The predicted octanol–water partition coefficient (Wildman–Crippen LogP) is 0.684. The van der Waals surface area contributed by atoms with E-state index in [2.05, 4.69) is 9.82 Å². The highest BCUT2D eigenvalue weighted by Crippen LogP contribution is 2.21. The summed E-state index contributed by atoms with van der Waals surface area (Å²) in [7, 11) is -0.447. The molecule has 1 amide bonds. The molecule has 1 aliphatic heterocycles. The van der Waals surface area contributed by atoms with Crippen molar-refractivity contribution in [3.05, 3.63) is 18.0 Å². The SMILES string of the molecule is CCn1ccc(C(=O)N2CCCCC2CCNS(=O)(=O)N(C)C)n1. The first-order valence-corrected chi connectivity index (χ1v) is 9.80. The minimum atomic E-state index is -3.42. The molecule has 0 saturated carbocycles. The summed E-state index contributed by atoms with van der Waals surface area (Å²) < 4.78 is 29.0. The van der Waals surface area contributed by atoms with Crippen LogP contribution < -0.4 is 4.72 Å². The number of aromatic nitrogens is 2. The number of hydrogen-bond donors (Lipinski definition) is 1. The van der Waals surface area contributed by atoms with Crippen LogP contribution in [0.3, 0.4) is 0 Å². The number of rotatable bonds is 7. The molecular weight excluding hydrogens is 330 g/mol. The molecule has 1 fully saturated rings. The van der Waals surface area contributed by atoms with Crippen molar-refractivity contribution in [2.75, 3.05) is 27.2 Å². The lowest BCUT2D eigenvalue weighted by Crippen LogP contribution is -2.46. The molecule has 2 rings (SSSR count). The number of likely N-dealkylation sites (tertiary alicyclic amines) is 1. The lowest BCUT2D eigenvalue weighted by atomic mass is 9.99. The van der Waals surface area contributed by atoms with Crippen LogP contribution in [0.2, 0.25) is 0 Å². The molecule has 0 radical (unpaired) electrons. The third-order valence-corrected chi connectivity index (χ3v) is 5.84. The summed E-state index contributed by atoms with van der Waals surface area (Å²) in [6, 6.07) is 1.79. The van der Waals surface area contributed by atoms with Crippen molar-refractivity contribution < 1.29 is 13.2 Å². The second-order valence-electron chi connectivity index (χ2n) is 6.18. The number of hydrogen-bond acceptors (Lipinski definition) is 4. The van der Waals surface area contributed by atoms with E-state index in [0.717, 1.165) is 30.1 Å². The van der Waals surface area contributed by atoms with Crippen molar-refractivity contribution >= 4 is 16.1 Å². The maximum absolute atomic E-state index is 12.7. The van der Waals surface area contributed by atoms with E-state index in [-0.39, 0.29) is 11.9 Å². The van der Waals surface area contributed by atoms with Gasteiger partial charge in [0.05, 0.1) is 0 Å². The molecular formula is C15H27N5O3S. The Balaban J connectivity index is 1.98. The summed E-state index contributed by atoms with van der Waals surface area (Å²) in [6.07, 6.45) is 5.33. The van der Waals surface area contributed by atoms with Gasteiger partial charge < -0.3 is 4.90 Å². The zero-order valence-electron chi connectivity index (χ0n) is 14.6. The van der Waals surface area contributed by atoms with Gasteiger partial charge in [-0.25, -0.2) is 4.72 Å². The molecule has 0 aliphatic carbocycles. The maximum atomic E-state index is 12.7. The van der Waals surface area contributed by atoms with E-state index in [4.69, 9.17) is 0 Å². The van der Waals surface area contributed by atoms with Crippen LogP contribution in [-0.2, 0) is 16.8 Å². The highest BCUT2D eigenvalue weighted by molar-refractivity contribution is 7.87. The Morgan fingerprint density at radius 1 is 1.42 bits per heavy atom. The van der Waals surface area contributed by atoms with Crippen LogP contribution in [0.1, 0.15) is 43.1 Å². The number of piperidine rings is 1. The molecule has 24 heavy (non-hydrogen) atoms. The minimum absolute atomic E-state index is 0.0443. The fourth-order valence-corrected chi connectivity index (χ4v) is 3.48. The van der Waals surface area contributed by atoms with Gasteiger partial charge in [-0.2, -0.15) is 17.8 Å². The average molecular weight is 357 g/mol. The van der Waals surface area contributed by atoms with Crippen LogP contribution in [0.5, 0.6) is 0 Å². The largest absolute Gasteiger partial charge is 0.334 e. The minimum Gasteiger partial charge on any atom is -0.334 e. The quantitative estimate of drug-likeness (QED) is 0.777. The number of nitrogens with zero attached hydrogens (tertiary/aromatic N) is 4. The number of carbonyl (C=O) groups excluding carboxylic acids is 1. The van der Waals surface area contributed by atoms with Crippen molar-refractivity contribution in [1.29, 1.82) is 0 Å². The van der Waals surface area contributed by atoms with Crippen LogP contribution >= 0.6 is 0 Å². The van der Waals surface area contributed by atoms with Crippen molar-refractivity contribution in [3.63, 3.8) is 0 Å². The average Bonchev–Trinajstić information content (AvgIpc) is 3.03. The van der Waals surface area contributed by atoms with E-state index in [1.165, 1.54) is 14.1 Å². The van der Waals surface area contributed by atoms with Crippen LogP contribution in [0.15, 0.2) is 12.3 Å². The number of carbonyl (C=O) groups is 1. The fraction of sp³-hybridized carbons (Fsp3) is 0.733. The fourth-order valence-electron chi connectivity index (χ4n) is 2.85. The standard InChI is InChI=1S/C15H27N5O3S/c1-4-19-12-9-14(17-19)15(21)20-11-6-5-7-13(20)8-10-16-24(22,23)18(2)3/h9,12-13,16H,4-8,10-11H2,1-3H3. The van der Waals surface area contributed by atoms with E-state index in [1.54, 1.807) is 16.9 Å². The maximum Gasteiger partial charge on any atom is 0.278 e. The molecule has 1 saturated heterocycles. The Hall–Kier alpha value is -1.45.